The fraction of sp³-hybridized carbons (Fsp3) is 0.172. The second-order valence-electron chi connectivity index (χ2n) is 10.2. The van der Waals surface area contributed by atoms with E-state index in [1.807, 2.05) is 18.2 Å². The van der Waals surface area contributed by atoms with Crippen LogP contribution in [0.4, 0.5) is 10.1 Å². The maximum absolute atomic E-state index is 14.6. The standard InChI is InChI=1S/C29H27FN8O2S/c1-16(2)35-21-10-19(13-32-14-21)25-12-24-27(15-34-25)37-38-28(24)26-11-23-22(3-5-33-29(23)36-26)18-7-17(8-20(30)9-18)4-6-41(31,39)40/h3,5,7-16,35H,4,6H2,1-2H3,(H,33,36)(H,37,38)(H2,31,39,40). The van der Waals surface area contributed by atoms with E-state index in [9.17, 15) is 12.8 Å². The van der Waals surface area contributed by atoms with Gasteiger partial charge < -0.3 is 10.3 Å². The number of hydrogen-bond acceptors (Lipinski definition) is 7. The number of pyridine rings is 3. The van der Waals surface area contributed by atoms with Gasteiger partial charge in [-0.1, -0.05) is 6.07 Å². The molecule has 12 heteroatoms. The van der Waals surface area contributed by atoms with Gasteiger partial charge in [0.05, 0.1) is 34.5 Å². The van der Waals surface area contributed by atoms with Crippen molar-refractivity contribution in [2.24, 2.45) is 5.14 Å². The number of nitrogens with zero attached hydrogens (tertiary/aromatic N) is 4. The molecule has 0 saturated carbocycles. The summed E-state index contributed by atoms with van der Waals surface area (Å²) in [5.74, 6) is -0.735. The van der Waals surface area contributed by atoms with Crippen LogP contribution in [0.3, 0.4) is 0 Å². The maximum Gasteiger partial charge on any atom is 0.209 e. The molecule has 0 fully saturated rings. The van der Waals surface area contributed by atoms with Gasteiger partial charge >= 0.3 is 0 Å². The third kappa shape index (κ3) is 5.65. The molecule has 0 spiro atoms. The SMILES string of the molecule is CC(C)Nc1cncc(-c2cc3c(-c4cc5c(-c6cc(F)cc(CCS(N)(=O)=O)c6)ccnc5[nH]4)n[nH]c3cn2)c1. The Morgan fingerprint density at radius 1 is 1.00 bits per heavy atom. The van der Waals surface area contributed by atoms with Gasteiger partial charge in [0, 0.05) is 41.0 Å². The number of aromatic amines is 2. The minimum absolute atomic E-state index is 0.109. The first kappa shape index (κ1) is 26.5. The Labute approximate surface area is 235 Å². The first-order valence-electron chi connectivity index (χ1n) is 13.0. The lowest BCUT2D eigenvalue weighted by molar-refractivity contribution is 0.596. The van der Waals surface area contributed by atoms with E-state index in [4.69, 9.17) is 5.14 Å². The maximum atomic E-state index is 14.6. The molecule has 6 rings (SSSR count). The van der Waals surface area contributed by atoms with Crippen LogP contribution in [0.2, 0.25) is 0 Å². The highest BCUT2D eigenvalue weighted by molar-refractivity contribution is 7.89. The van der Waals surface area contributed by atoms with Gasteiger partial charge in [-0.05, 0) is 73.4 Å². The van der Waals surface area contributed by atoms with Crippen molar-refractivity contribution >= 4 is 37.6 Å². The highest BCUT2D eigenvalue weighted by atomic mass is 32.2. The number of hydrogen-bond donors (Lipinski definition) is 4. The number of halogens is 1. The average molecular weight is 571 g/mol. The Hall–Kier alpha value is -4.68. The predicted octanol–water partition coefficient (Wildman–Crippen LogP) is 5.02. The minimum Gasteiger partial charge on any atom is -0.382 e. The number of fused-ring (bicyclic) bond motifs is 2. The number of primary sulfonamides is 1. The van der Waals surface area contributed by atoms with Gasteiger partial charge in [0.2, 0.25) is 10.0 Å². The van der Waals surface area contributed by atoms with Gasteiger partial charge in [0.1, 0.15) is 17.2 Å². The van der Waals surface area contributed by atoms with Crippen LogP contribution in [-0.4, -0.2) is 50.3 Å². The number of H-pyrrole nitrogens is 2. The number of anilines is 1. The molecule has 5 N–H and O–H groups in total. The molecular formula is C29H27FN8O2S. The fourth-order valence-corrected chi connectivity index (χ4v) is 5.41. The third-order valence-electron chi connectivity index (χ3n) is 6.67. The Bertz CT molecular complexity index is 2020. The Morgan fingerprint density at radius 2 is 1.85 bits per heavy atom. The highest BCUT2D eigenvalue weighted by Gasteiger charge is 2.17. The van der Waals surface area contributed by atoms with Crippen molar-refractivity contribution < 1.29 is 12.8 Å². The second-order valence-corrected chi connectivity index (χ2v) is 12.0. The zero-order valence-corrected chi connectivity index (χ0v) is 23.1. The van der Waals surface area contributed by atoms with E-state index in [1.54, 1.807) is 36.9 Å². The molecule has 0 radical (unpaired) electrons. The highest BCUT2D eigenvalue weighted by Crippen LogP contribution is 2.35. The Balaban J connectivity index is 1.40. The molecular weight excluding hydrogens is 543 g/mol. The molecule has 5 aromatic heterocycles. The monoisotopic (exact) mass is 570 g/mol. The number of sulfonamides is 1. The lowest BCUT2D eigenvalue weighted by atomic mass is 10.00. The topological polar surface area (TPSA) is 155 Å². The van der Waals surface area contributed by atoms with Crippen LogP contribution >= 0.6 is 0 Å². The zero-order valence-electron chi connectivity index (χ0n) is 22.3. The van der Waals surface area contributed by atoms with Crippen molar-refractivity contribution in [3.63, 3.8) is 0 Å². The average Bonchev–Trinajstić information content (AvgIpc) is 3.54. The van der Waals surface area contributed by atoms with E-state index in [0.717, 1.165) is 44.5 Å². The molecule has 0 amide bonds. The number of aromatic nitrogens is 6. The number of aryl methyl sites for hydroxylation is 1. The van der Waals surface area contributed by atoms with Gasteiger partial charge in [0.15, 0.2) is 0 Å². The Morgan fingerprint density at radius 3 is 2.66 bits per heavy atom. The van der Waals surface area contributed by atoms with E-state index in [1.165, 1.54) is 12.1 Å². The molecule has 5 heterocycles. The molecule has 0 saturated heterocycles. The lowest BCUT2D eigenvalue weighted by Crippen LogP contribution is -2.18. The van der Waals surface area contributed by atoms with Crippen LogP contribution in [-0.2, 0) is 16.4 Å². The summed E-state index contributed by atoms with van der Waals surface area (Å²) in [6.07, 6.45) is 7.04. The van der Waals surface area contributed by atoms with Gasteiger partial charge in [-0.2, -0.15) is 5.10 Å². The van der Waals surface area contributed by atoms with Crippen molar-refractivity contribution in [3.05, 3.63) is 78.6 Å². The van der Waals surface area contributed by atoms with Crippen LogP contribution < -0.4 is 10.5 Å². The van der Waals surface area contributed by atoms with E-state index < -0.39 is 15.8 Å². The van der Waals surface area contributed by atoms with Crippen molar-refractivity contribution in [3.8, 4) is 33.8 Å². The molecule has 0 unspecified atom stereocenters. The van der Waals surface area contributed by atoms with Crippen molar-refractivity contribution in [2.45, 2.75) is 26.3 Å². The molecule has 0 aliphatic rings. The van der Waals surface area contributed by atoms with E-state index in [-0.39, 0.29) is 18.2 Å². The summed E-state index contributed by atoms with van der Waals surface area (Å²) < 4.78 is 37.4. The van der Waals surface area contributed by atoms with Crippen molar-refractivity contribution in [1.29, 1.82) is 0 Å². The summed E-state index contributed by atoms with van der Waals surface area (Å²) >= 11 is 0. The van der Waals surface area contributed by atoms with Crippen LogP contribution in [0.15, 0.2) is 67.3 Å². The third-order valence-corrected chi connectivity index (χ3v) is 7.44. The van der Waals surface area contributed by atoms with Crippen LogP contribution in [0.1, 0.15) is 19.4 Å². The number of rotatable bonds is 8. The molecule has 6 aromatic rings. The van der Waals surface area contributed by atoms with E-state index in [0.29, 0.717) is 22.5 Å². The van der Waals surface area contributed by atoms with Crippen LogP contribution in [0.25, 0.3) is 55.7 Å². The summed E-state index contributed by atoms with van der Waals surface area (Å²) in [6.45, 7) is 4.13. The summed E-state index contributed by atoms with van der Waals surface area (Å²) in [5.41, 5.74) is 7.20. The van der Waals surface area contributed by atoms with Crippen molar-refractivity contribution in [2.75, 3.05) is 11.1 Å². The molecule has 208 valence electrons. The first-order chi connectivity index (χ1) is 19.6. The molecule has 0 bridgehead atoms. The van der Waals surface area contributed by atoms with Crippen LogP contribution in [0.5, 0.6) is 0 Å². The smallest absolute Gasteiger partial charge is 0.209 e. The van der Waals surface area contributed by atoms with Crippen molar-refractivity contribution in [1.82, 2.24) is 30.1 Å². The fourth-order valence-electron chi connectivity index (χ4n) is 4.89. The van der Waals surface area contributed by atoms with Gasteiger partial charge in [0.25, 0.3) is 0 Å². The number of nitrogens with two attached hydrogens (primary N) is 1. The Kier molecular flexibility index (Phi) is 6.72. The van der Waals surface area contributed by atoms with Gasteiger partial charge in [-0.25, -0.2) is 22.9 Å². The summed E-state index contributed by atoms with van der Waals surface area (Å²) in [7, 11) is -3.67. The lowest BCUT2D eigenvalue weighted by Gasteiger charge is -2.10. The van der Waals surface area contributed by atoms with Gasteiger partial charge in [-0.15, -0.1) is 0 Å². The molecule has 0 atom stereocenters. The number of benzene rings is 1. The summed E-state index contributed by atoms with van der Waals surface area (Å²) in [4.78, 5) is 16.8. The summed E-state index contributed by atoms with van der Waals surface area (Å²) in [5, 5.41) is 17.7. The predicted molar refractivity (Wildman–Crippen MR) is 158 cm³/mol. The van der Waals surface area contributed by atoms with E-state index >= 15 is 0 Å². The molecule has 1 aromatic carbocycles. The zero-order chi connectivity index (χ0) is 28.7. The molecule has 41 heavy (non-hydrogen) atoms. The van der Waals surface area contributed by atoms with E-state index in [2.05, 4.69) is 49.3 Å². The van der Waals surface area contributed by atoms with Gasteiger partial charge in [-0.3, -0.25) is 15.1 Å². The van der Waals surface area contributed by atoms with Crippen LogP contribution in [0, 0.1) is 5.82 Å². The normalized spacial score (nSPS) is 12.0. The second kappa shape index (κ2) is 10.4. The first-order valence-corrected chi connectivity index (χ1v) is 14.7. The molecule has 0 aliphatic heterocycles. The summed E-state index contributed by atoms with van der Waals surface area (Å²) in [6, 6.07) is 12.5. The number of nitrogens with one attached hydrogen (secondary N) is 3. The largest absolute Gasteiger partial charge is 0.382 e. The molecule has 0 aliphatic carbocycles. The quantitative estimate of drug-likeness (QED) is 0.200. The minimum atomic E-state index is -3.67. The molecule has 10 nitrogen and oxygen atoms in total.